The minimum atomic E-state index is -0.0215. The van der Waals surface area contributed by atoms with Crippen molar-refractivity contribution in [1.29, 1.82) is 0 Å². The van der Waals surface area contributed by atoms with E-state index in [1.165, 1.54) is 26.2 Å². The smallest absolute Gasteiger partial charge is 0.217 e. The highest BCUT2D eigenvalue weighted by Crippen LogP contribution is 2.27. The number of carbonyl (C=O) groups is 2. The first-order chi connectivity index (χ1) is 7.09. The minimum absolute atomic E-state index is 0.0215. The molecule has 0 radical (unpaired) electrons. The van der Waals surface area contributed by atoms with E-state index in [0.717, 1.165) is 12.8 Å². The Morgan fingerprint density at radius 2 is 1.80 bits per heavy atom. The molecule has 0 aromatic carbocycles. The minimum Gasteiger partial charge on any atom is -0.353 e. The van der Waals surface area contributed by atoms with E-state index in [1.807, 2.05) is 0 Å². The van der Waals surface area contributed by atoms with Gasteiger partial charge in [0.15, 0.2) is 0 Å². The highest BCUT2D eigenvalue weighted by atomic mass is 16.1. The summed E-state index contributed by atoms with van der Waals surface area (Å²) >= 11 is 0. The van der Waals surface area contributed by atoms with Crippen LogP contribution in [0.25, 0.3) is 0 Å². The fourth-order valence-corrected chi connectivity index (χ4v) is 2.44. The topological polar surface area (TPSA) is 46.2 Å². The molecule has 0 heterocycles. The summed E-state index contributed by atoms with van der Waals surface area (Å²) in [6.07, 6.45) is 6.56. The van der Waals surface area contributed by atoms with E-state index in [-0.39, 0.29) is 17.7 Å². The van der Waals surface area contributed by atoms with Gasteiger partial charge >= 0.3 is 0 Å². The zero-order valence-electron chi connectivity index (χ0n) is 9.71. The van der Waals surface area contributed by atoms with Gasteiger partial charge in [0, 0.05) is 19.4 Å². The summed E-state index contributed by atoms with van der Waals surface area (Å²) in [5.41, 5.74) is 0. The number of carbonyl (C=O) groups excluding carboxylic acids is 2. The third-order valence-electron chi connectivity index (χ3n) is 3.11. The molecule has 1 aliphatic carbocycles. The lowest BCUT2D eigenvalue weighted by Crippen LogP contribution is -2.41. The summed E-state index contributed by atoms with van der Waals surface area (Å²) in [5.74, 6) is 0.651. The van der Waals surface area contributed by atoms with Gasteiger partial charge in [0.1, 0.15) is 5.78 Å². The first kappa shape index (κ1) is 12.2. The Kier molecular flexibility index (Phi) is 4.79. The van der Waals surface area contributed by atoms with Gasteiger partial charge in [0.2, 0.25) is 5.91 Å². The molecule has 1 saturated carbocycles. The van der Waals surface area contributed by atoms with Crippen LogP contribution in [-0.4, -0.2) is 17.7 Å². The van der Waals surface area contributed by atoms with Gasteiger partial charge in [-0.3, -0.25) is 9.59 Å². The maximum Gasteiger partial charge on any atom is 0.217 e. The summed E-state index contributed by atoms with van der Waals surface area (Å²) in [7, 11) is 0. The van der Waals surface area contributed by atoms with E-state index in [0.29, 0.717) is 12.3 Å². The van der Waals surface area contributed by atoms with E-state index in [4.69, 9.17) is 0 Å². The number of hydrogen-bond acceptors (Lipinski definition) is 2. The second-order valence-electron chi connectivity index (χ2n) is 4.61. The van der Waals surface area contributed by atoms with Crippen molar-refractivity contribution in [2.75, 3.05) is 0 Å². The Bertz CT molecular complexity index is 216. The molecule has 1 fully saturated rings. The van der Waals surface area contributed by atoms with Crippen molar-refractivity contribution in [2.45, 2.75) is 58.4 Å². The molecule has 0 aromatic rings. The lowest BCUT2D eigenvalue weighted by molar-refractivity contribution is -0.121. The molecule has 15 heavy (non-hydrogen) atoms. The highest BCUT2D eigenvalue weighted by Gasteiger charge is 2.25. The predicted octanol–water partition coefficient (Wildman–Crippen LogP) is 2.05. The van der Waals surface area contributed by atoms with Crippen molar-refractivity contribution < 1.29 is 9.59 Å². The van der Waals surface area contributed by atoms with Crippen LogP contribution in [0.1, 0.15) is 52.4 Å². The van der Waals surface area contributed by atoms with Crippen LogP contribution in [0, 0.1) is 5.92 Å². The van der Waals surface area contributed by atoms with E-state index < -0.39 is 0 Å². The molecule has 1 atom stereocenters. The van der Waals surface area contributed by atoms with Gasteiger partial charge in [-0.15, -0.1) is 0 Å². The van der Waals surface area contributed by atoms with Gasteiger partial charge in [-0.05, 0) is 25.7 Å². The van der Waals surface area contributed by atoms with Crippen LogP contribution in [-0.2, 0) is 9.59 Å². The normalized spacial score (nSPS) is 19.6. The number of ketones is 1. The van der Waals surface area contributed by atoms with Crippen molar-refractivity contribution in [3.8, 4) is 0 Å². The average Bonchev–Trinajstić information content (AvgIpc) is 2.17. The predicted molar refractivity (Wildman–Crippen MR) is 59.5 cm³/mol. The second kappa shape index (κ2) is 5.89. The summed E-state index contributed by atoms with van der Waals surface area (Å²) in [5, 5.41) is 2.92. The van der Waals surface area contributed by atoms with Crippen LogP contribution in [0.5, 0.6) is 0 Å². The lowest BCUT2D eigenvalue weighted by Gasteiger charge is -2.30. The van der Waals surface area contributed by atoms with Crippen molar-refractivity contribution in [2.24, 2.45) is 5.92 Å². The van der Waals surface area contributed by atoms with Gasteiger partial charge in [0.25, 0.3) is 0 Å². The molecule has 0 unspecified atom stereocenters. The van der Waals surface area contributed by atoms with Crippen LogP contribution >= 0.6 is 0 Å². The van der Waals surface area contributed by atoms with E-state index in [9.17, 15) is 9.59 Å². The fourth-order valence-electron chi connectivity index (χ4n) is 2.44. The molecule has 1 amide bonds. The number of rotatable bonds is 4. The third kappa shape index (κ3) is 4.45. The first-order valence-corrected chi connectivity index (χ1v) is 5.86. The Morgan fingerprint density at radius 1 is 1.20 bits per heavy atom. The molecule has 0 saturated heterocycles. The van der Waals surface area contributed by atoms with Crippen molar-refractivity contribution >= 4 is 11.7 Å². The van der Waals surface area contributed by atoms with E-state index in [1.54, 1.807) is 6.92 Å². The highest BCUT2D eigenvalue weighted by molar-refractivity contribution is 5.78. The van der Waals surface area contributed by atoms with Gasteiger partial charge in [0.05, 0.1) is 0 Å². The van der Waals surface area contributed by atoms with E-state index in [2.05, 4.69) is 5.32 Å². The first-order valence-electron chi connectivity index (χ1n) is 5.86. The monoisotopic (exact) mass is 211 g/mol. The largest absolute Gasteiger partial charge is 0.353 e. The van der Waals surface area contributed by atoms with Gasteiger partial charge < -0.3 is 5.32 Å². The van der Waals surface area contributed by atoms with E-state index >= 15 is 0 Å². The Hall–Kier alpha value is -0.860. The zero-order chi connectivity index (χ0) is 11.3. The van der Waals surface area contributed by atoms with Crippen LogP contribution in [0.15, 0.2) is 0 Å². The Labute approximate surface area is 91.6 Å². The van der Waals surface area contributed by atoms with Crippen LogP contribution < -0.4 is 5.32 Å². The molecule has 1 rings (SSSR count). The summed E-state index contributed by atoms with van der Waals surface area (Å²) in [4.78, 5) is 22.2. The molecule has 3 heteroatoms. The van der Waals surface area contributed by atoms with Crippen LogP contribution in [0.2, 0.25) is 0 Å². The molecule has 0 aromatic heterocycles. The van der Waals surface area contributed by atoms with Crippen LogP contribution in [0.3, 0.4) is 0 Å². The molecule has 0 aliphatic heterocycles. The summed E-state index contributed by atoms with van der Waals surface area (Å²) in [6, 6.07) is 0.0697. The molecule has 1 N–H and O–H groups in total. The standard InChI is InChI=1S/C12H21NO2/c1-9(14)8-12(13-10(2)15)11-6-4-3-5-7-11/h11-12H,3-8H2,1-2H3,(H,13,15)/t12-/m0/s1. The SMILES string of the molecule is CC(=O)C[C@H](NC(C)=O)C1CCCCC1. The van der Waals surface area contributed by atoms with Crippen molar-refractivity contribution in [3.05, 3.63) is 0 Å². The lowest BCUT2D eigenvalue weighted by atomic mass is 9.82. The zero-order valence-corrected chi connectivity index (χ0v) is 9.71. The van der Waals surface area contributed by atoms with Gasteiger partial charge in [-0.1, -0.05) is 19.3 Å². The third-order valence-corrected chi connectivity index (χ3v) is 3.11. The maximum absolute atomic E-state index is 11.1. The van der Waals surface area contributed by atoms with Crippen molar-refractivity contribution in [1.82, 2.24) is 5.32 Å². The average molecular weight is 211 g/mol. The molecule has 86 valence electrons. The molecular formula is C12H21NO2. The van der Waals surface area contributed by atoms with Crippen LogP contribution in [0.4, 0.5) is 0 Å². The summed E-state index contributed by atoms with van der Waals surface area (Å²) in [6.45, 7) is 3.12. The molecule has 1 aliphatic rings. The quantitative estimate of drug-likeness (QED) is 0.773. The van der Waals surface area contributed by atoms with Gasteiger partial charge in [-0.2, -0.15) is 0 Å². The number of amides is 1. The molecule has 0 spiro atoms. The van der Waals surface area contributed by atoms with Gasteiger partial charge in [-0.25, -0.2) is 0 Å². The maximum atomic E-state index is 11.1. The Morgan fingerprint density at radius 3 is 2.27 bits per heavy atom. The molecular weight excluding hydrogens is 190 g/mol. The number of hydrogen-bond donors (Lipinski definition) is 1. The number of Topliss-reactive ketones (excluding diaryl/α,β-unsaturated/α-hetero) is 1. The molecule has 0 bridgehead atoms. The fraction of sp³-hybridized carbons (Fsp3) is 0.833. The summed E-state index contributed by atoms with van der Waals surface area (Å²) < 4.78 is 0. The molecule has 3 nitrogen and oxygen atoms in total. The van der Waals surface area contributed by atoms with Crippen molar-refractivity contribution in [3.63, 3.8) is 0 Å². The number of nitrogens with one attached hydrogen (secondary N) is 1. The Balaban J connectivity index is 2.52. The second-order valence-corrected chi connectivity index (χ2v) is 4.61.